The lowest BCUT2D eigenvalue weighted by molar-refractivity contribution is -0.119. The number of nitrogens with zero attached hydrogens (tertiary/aromatic N) is 4. The van der Waals surface area contributed by atoms with Crippen LogP contribution >= 0.6 is 11.8 Å². The molecule has 0 bridgehead atoms. The SMILES string of the molecule is COC(=O)c1cccc(=O)n1-c1ccc(NC(=O)C2CC(OC)CN2C(=O)N(Cl)c2ccccn2)c(F)c1. The quantitative estimate of drug-likeness (QED) is 0.374. The number of hydrogen-bond donors (Lipinski definition) is 1. The minimum absolute atomic E-state index is 0.0526. The van der Waals surface area contributed by atoms with E-state index in [1.54, 1.807) is 12.1 Å². The second-order valence-corrected chi connectivity index (χ2v) is 8.58. The zero-order chi connectivity index (χ0) is 27.4. The van der Waals surface area contributed by atoms with E-state index >= 15 is 4.39 Å². The molecule has 0 spiro atoms. The van der Waals surface area contributed by atoms with E-state index in [4.69, 9.17) is 21.3 Å². The summed E-state index contributed by atoms with van der Waals surface area (Å²) in [5, 5.41) is 2.48. The van der Waals surface area contributed by atoms with Crippen LogP contribution in [0.2, 0.25) is 0 Å². The van der Waals surface area contributed by atoms with Gasteiger partial charge in [-0.25, -0.2) is 19.0 Å². The van der Waals surface area contributed by atoms with Gasteiger partial charge in [-0.3, -0.25) is 14.2 Å². The molecule has 11 nitrogen and oxygen atoms in total. The number of rotatable bonds is 6. The van der Waals surface area contributed by atoms with E-state index in [0.717, 1.165) is 22.2 Å². The summed E-state index contributed by atoms with van der Waals surface area (Å²) in [5.41, 5.74) is -0.811. The Labute approximate surface area is 221 Å². The number of pyridine rings is 2. The van der Waals surface area contributed by atoms with Crippen LogP contribution in [-0.2, 0) is 14.3 Å². The smallest absolute Gasteiger partial charge is 0.355 e. The van der Waals surface area contributed by atoms with Gasteiger partial charge in [0.1, 0.15) is 17.6 Å². The Bertz CT molecular complexity index is 1420. The van der Waals surface area contributed by atoms with E-state index < -0.39 is 41.4 Å². The lowest BCUT2D eigenvalue weighted by atomic mass is 10.1. The van der Waals surface area contributed by atoms with E-state index in [1.165, 1.54) is 54.6 Å². The van der Waals surface area contributed by atoms with Crippen LogP contribution in [0.5, 0.6) is 0 Å². The first-order valence-corrected chi connectivity index (χ1v) is 11.7. The van der Waals surface area contributed by atoms with Gasteiger partial charge in [-0.05, 0) is 30.3 Å². The highest BCUT2D eigenvalue weighted by Crippen LogP contribution is 2.27. The molecule has 3 amide bonds. The number of anilines is 2. The van der Waals surface area contributed by atoms with Crippen LogP contribution in [0, 0.1) is 5.82 Å². The lowest BCUT2D eigenvalue weighted by Crippen LogP contribution is -2.47. The first-order chi connectivity index (χ1) is 18.2. The number of halogens is 2. The molecule has 1 aliphatic heterocycles. The largest absolute Gasteiger partial charge is 0.464 e. The van der Waals surface area contributed by atoms with E-state index in [1.807, 2.05) is 0 Å². The number of esters is 1. The Morgan fingerprint density at radius 1 is 1.13 bits per heavy atom. The minimum atomic E-state index is -1.01. The van der Waals surface area contributed by atoms with Crippen molar-refractivity contribution in [3.63, 3.8) is 0 Å². The normalized spacial score (nSPS) is 16.7. The van der Waals surface area contributed by atoms with Gasteiger partial charge in [0, 0.05) is 50.2 Å². The maximum atomic E-state index is 15.1. The predicted octanol–water partition coefficient (Wildman–Crippen LogP) is 2.97. The standard InChI is InChI=1S/C25H23ClFN5O6/c1-37-16-13-20(30(14-16)25(36)32(26)21-7-3-4-11-28-21)23(34)29-18-10-9-15(12-17(18)27)31-19(24(35)38-2)6-5-8-22(31)33/h3-12,16,20H,13-14H2,1-2H3,(H,29,34). The lowest BCUT2D eigenvalue weighted by Gasteiger charge is -2.26. The van der Waals surface area contributed by atoms with E-state index in [9.17, 15) is 19.2 Å². The summed E-state index contributed by atoms with van der Waals surface area (Å²) in [4.78, 5) is 56.0. The van der Waals surface area contributed by atoms with E-state index in [-0.39, 0.29) is 35.9 Å². The van der Waals surface area contributed by atoms with Crippen molar-refractivity contribution >= 4 is 41.2 Å². The topological polar surface area (TPSA) is 123 Å². The molecule has 1 aliphatic rings. The third-order valence-corrected chi connectivity index (χ3v) is 6.30. The number of hydrogen-bond acceptors (Lipinski definition) is 7. The summed E-state index contributed by atoms with van der Waals surface area (Å²) < 4.78 is 26.9. The molecule has 38 heavy (non-hydrogen) atoms. The molecular formula is C25H23ClFN5O6. The van der Waals surface area contributed by atoms with Crippen LogP contribution < -0.4 is 15.3 Å². The van der Waals surface area contributed by atoms with Gasteiger partial charge in [0.25, 0.3) is 5.56 Å². The fourth-order valence-electron chi connectivity index (χ4n) is 4.09. The summed E-state index contributed by atoms with van der Waals surface area (Å²) in [5.74, 6) is -2.14. The molecule has 1 fully saturated rings. The number of methoxy groups -OCH3 is 2. The second-order valence-electron chi connectivity index (χ2n) is 8.24. The molecular weight excluding hydrogens is 521 g/mol. The molecule has 1 N–H and O–H groups in total. The van der Waals surface area contributed by atoms with Gasteiger partial charge in [0.05, 0.1) is 24.6 Å². The Morgan fingerprint density at radius 3 is 2.58 bits per heavy atom. The number of benzene rings is 1. The summed E-state index contributed by atoms with van der Waals surface area (Å²) in [6.45, 7) is 0.0815. The van der Waals surface area contributed by atoms with Gasteiger partial charge in [-0.15, -0.1) is 0 Å². The zero-order valence-electron chi connectivity index (χ0n) is 20.3. The number of urea groups is 1. The fourth-order valence-corrected chi connectivity index (χ4v) is 4.29. The third kappa shape index (κ3) is 5.36. The summed E-state index contributed by atoms with van der Waals surface area (Å²) in [6, 6.07) is 10.7. The summed E-state index contributed by atoms with van der Waals surface area (Å²) in [6.07, 6.45) is 1.18. The summed E-state index contributed by atoms with van der Waals surface area (Å²) in [7, 11) is 2.62. The molecule has 2 aromatic heterocycles. The molecule has 1 saturated heterocycles. The fraction of sp³-hybridized carbons (Fsp3) is 0.240. The predicted molar refractivity (Wildman–Crippen MR) is 136 cm³/mol. The van der Waals surface area contributed by atoms with Crippen molar-refractivity contribution in [1.29, 1.82) is 0 Å². The van der Waals surface area contributed by atoms with Crippen LogP contribution in [0.1, 0.15) is 16.9 Å². The number of likely N-dealkylation sites (tertiary alicyclic amines) is 1. The Hall–Kier alpha value is -4.29. The average Bonchev–Trinajstić information content (AvgIpc) is 3.38. The Morgan fingerprint density at radius 2 is 1.92 bits per heavy atom. The van der Waals surface area contributed by atoms with E-state index in [0.29, 0.717) is 0 Å². The number of ether oxygens (including phenoxy) is 2. The van der Waals surface area contributed by atoms with Crippen molar-refractivity contribution in [3.8, 4) is 5.69 Å². The first kappa shape index (κ1) is 26.8. The molecule has 1 aromatic carbocycles. The van der Waals surface area contributed by atoms with Crippen molar-refractivity contribution in [2.75, 3.05) is 30.5 Å². The van der Waals surface area contributed by atoms with Crippen molar-refractivity contribution < 1.29 is 28.2 Å². The van der Waals surface area contributed by atoms with Gasteiger partial charge >= 0.3 is 12.0 Å². The maximum Gasteiger partial charge on any atom is 0.355 e. The molecule has 0 saturated carbocycles. The van der Waals surface area contributed by atoms with Crippen molar-refractivity contribution in [1.82, 2.24) is 14.5 Å². The summed E-state index contributed by atoms with van der Waals surface area (Å²) >= 11 is 6.20. The van der Waals surface area contributed by atoms with Gasteiger partial charge < -0.3 is 19.7 Å². The second kappa shape index (κ2) is 11.4. The zero-order valence-corrected chi connectivity index (χ0v) is 21.1. The highest BCUT2D eigenvalue weighted by atomic mass is 35.5. The van der Waals surface area contributed by atoms with Crippen LogP contribution in [0.4, 0.5) is 20.7 Å². The number of carbonyl (C=O) groups is 3. The third-order valence-electron chi connectivity index (χ3n) is 5.98. The van der Waals surface area contributed by atoms with Gasteiger partial charge in [-0.1, -0.05) is 12.1 Å². The molecule has 198 valence electrons. The van der Waals surface area contributed by atoms with Crippen LogP contribution in [-0.4, -0.2) is 65.3 Å². The Balaban J connectivity index is 1.57. The van der Waals surface area contributed by atoms with E-state index in [2.05, 4.69) is 10.3 Å². The molecule has 3 heterocycles. The van der Waals surface area contributed by atoms with Crippen LogP contribution in [0.3, 0.4) is 0 Å². The molecule has 13 heteroatoms. The first-order valence-electron chi connectivity index (χ1n) is 11.4. The number of amides is 3. The molecule has 3 aromatic rings. The maximum absolute atomic E-state index is 15.1. The highest BCUT2D eigenvalue weighted by molar-refractivity contribution is 6.36. The number of carbonyl (C=O) groups excluding carboxylic acids is 3. The van der Waals surface area contributed by atoms with Crippen molar-refractivity contribution in [2.45, 2.75) is 18.6 Å². The van der Waals surface area contributed by atoms with Crippen molar-refractivity contribution in [2.24, 2.45) is 0 Å². The van der Waals surface area contributed by atoms with Gasteiger partial charge in [0.15, 0.2) is 5.82 Å². The molecule has 4 rings (SSSR count). The number of nitrogens with one attached hydrogen (secondary N) is 1. The molecule has 2 atom stereocenters. The van der Waals surface area contributed by atoms with Gasteiger partial charge in [-0.2, -0.15) is 4.42 Å². The number of aromatic nitrogens is 2. The Kier molecular flexibility index (Phi) is 8.03. The highest BCUT2D eigenvalue weighted by Gasteiger charge is 2.42. The van der Waals surface area contributed by atoms with Gasteiger partial charge in [0.2, 0.25) is 5.91 Å². The average molecular weight is 544 g/mol. The van der Waals surface area contributed by atoms with Crippen molar-refractivity contribution in [3.05, 3.63) is 82.7 Å². The van der Waals surface area contributed by atoms with Crippen LogP contribution in [0.25, 0.3) is 5.69 Å². The molecule has 2 unspecified atom stereocenters. The van der Waals surface area contributed by atoms with Crippen LogP contribution in [0.15, 0.2) is 65.6 Å². The molecule has 0 radical (unpaired) electrons. The molecule has 0 aliphatic carbocycles. The minimum Gasteiger partial charge on any atom is -0.464 e. The monoisotopic (exact) mass is 543 g/mol.